The molecule has 2 aromatic heterocycles. The SMILES string of the molecule is CCc1csc(C2CCCN(C(=O)c3ccc[nH]c3=O)C2)n1. The molecular formula is C16H19N3O2S. The van der Waals surface area contributed by atoms with Gasteiger partial charge in [-0.1, -0.05) is 6.92 Å². The normalized spacial score (nSPS) is 18.4. The molecule has 1 saturated heterocycles. The molecule has 1 atom stereocenters. The number of H-pyrrole nitrogens is 1. The third-order valence-corrected chi connectivity index (χ3v) is 5.09. The van der Waals surface area contributed by atoms with Crippen LogP contribution < -0.4 is 5.56 Å². The molecule has 3 heterocycles. The van der Waals surface area contributed by atoms with Crippen LogP contribution in [-0.4, -0.2) is 33.9 Å². The van der Waals surface area contributed by atoms with Crippen molar-refractivity contribution in [3.63, 3.8) is 0 Å². The van der Waals surface area contributed by atoms with Gasteiger partial charge in [0.25, 0.3) is 11.5 Å². The lowest BCUT2D eigenvalue weighted by molar-refractivity contribution is 0.0705. The van der Waals surface area contributed by atoms with Gasteiger partial charge < -0.3 is 9.88 Å². The van der Waals surface area contributed by atoms with Crippen LogP contribution in [0.25, 0.3) is 0 Å². The molecule has 5 nitrogen and oxygen atoms in total. The van der Waals surface area contributed by atoms with Crippen molar-refractivity contribution in [3.8, 4) is 0 Å². The Hall–Kier alpha value is -1.95. The van der Waals surface area contributed by atoms with Crippen LogP contribution in [0.5, 0.6) is 0 Å². The Labute approximate surface area is 133 Å². The van der Waals surface area contributed by atoms with Crippen LogP contribution >= 0.6 is 11.3 Å². The Bertz CT molecular complexity index is 722. The van der Waals surface area contributed by atoms with Crippen molar-refractivity contribution in [2.75, 3.05) is 13.1 Å². The van der Waals surface area contributed by atoms with E-state index in [0.717, 1.165) is 30.0 Å². The molecule has 1 aliphatic rings. The van der Waals surface area contributed by atoms with Gasteiger partial charge in [-0.05, 0) is 31.4 Å². The maximum atomic E-state index is 12.5. The fourth-order valence-electron chi connectivity index (χ4n) is 2.80. The lowest BCUT2D eigenvalue weighted by Crippen LogP contribution is -2.41. The summed E-state index contributed by atoms with van der Waals surface area (Å²) in [6.07, 6.45) is 4.47. The Balaban J connectivity index is 1.77. The van der Waals surface area contributed by atoms with Gasteiger partial charge in [0.15, 0.2) is 0 Å². The van der Waals surface area contributed by atoms with Crippen LogP contribution in [0.4, 0.5) is 0 Å². The lowest BCUT2D eigenvalue weighted by Gasteiger charge is -2.31. The number of carbonyl (C=O) groups excluding carboxylic acids is 1. The maximum absolute atomic E-state index is 12.5. The molecule has 2 aromatic rings. The molecule has 22 heavy (non-hydrogen) atoms. The van der Waals surface area contributed by atoms with E-state index in [2.05, 4.69) is 22.3 Å². The molecule has 0 radical (unpaired) electrons. The van der Waals surface area contributed by atoms with Crippen molar-refractivity contribution in [1.29, 1.82) is 0 Å². The molecule has 0 bridgehead atoms. The molecule has 1 unspecified atom stereocenters. The van der Waals surface area contributed by atoms with E-state index in [-0.39, 0.29) is 22.9 Å². The molecule has 0 saturated carbocycles. The third kappa shape index (κ3) is 2.97. The van der Waals surface area contributed by atoms with E-state index in [0.29, 0.717) is 13.1 Å². The van der Waals surface area contributed by atoms with E-state index in [1.807, 2.05) is 0 Å². The van der Waals surface area contributed by atoms with Gasteiger partial charge in [0.1, 0.15) is 5.56 Å². The number of nitrogens with zero attached hydrogens (tertiary/aromatic N) is 2. The van der Waals surface area contributed by atoms with Gasteiger partial charge >= 0.3 is 0 Å². The molecule has 1 fully saturated rings. The number of likely N-dealkylation sites (tertiary alicyclic amines) is 1. The summed E-state index contributed by atoms with van der Waals surface area (Å²) in [5.74, 6) is 0.101. The number of rotatable bonds is 3. The Morgan fingerprint density at radius 1 is 1.55 bits per heavy atom. The molecule has 6 heteroatoms. The summed E-state index contributed by atoms with van der Waals surface area (Å²) in [4.78, 5) is 33.3. The highest BCUT2D eigenvalue weighted by molar-refractivity contribution is 7.09. The number of aromatic amines is 1. The molecular weight excluding hydrogens is 298 g/mol. The van der Waals surface area contributed by atoms with Gasteiger partial charge in [-0.15, -0.1) is 11.3 Å². The smallest absolute Gasteiger partial charge is 0.260 e. The van der Waals surface area contributed by atoms with E-state index in [1.54, 1.807) is 34.6 Å². The van der Waals surface area contributed by atoms with E-state index in [9.17, 15) is 9.59 Å². The van der Waals surface area contributed by atoms with E-state index in [4.69, 9.17) is 0 Å². The number of piperidine rings is 1. The lowest BCUT2D eigenvalue weighted by atomic mass is 9.98. The second-order valence-electron chi connectivity index (χ2n) is 5.53. The average Bonchev–Trinajstić information content (AvgIpc) is 3.04. The van der Waals surface area contributed by atoms with Gasteiger partial charge in [0, 0.05) is 30.6 Å². The summed E-state index contributed by atoms with van der Waals surface area (Å²) >= 11 is 1.68. The monoisotopic (exact) mass is 317 g/mol. The van der Waals surface area contributed by atoms with Gasteiger partial charge in [-0.2, -0.15) is 0 Å². The first-order valence-corrected chi connectivity index (χ1v) is 8.48. The van der Waals surface area contributed by atoms with Crippen LogP contribution in [0.15, 0.2) is 28.5 Å². The van der Waals surface area contributed by atoms with Crippen LogP contribution in [0.3, 0.4) is 0 Å². The predicted octanol–water partition coefficient (Wildman–Crippen LogP) is 2.41. The number of carbonyl (C=O) groups is 1. The second-order valence-corrected chi connectivity index (χ2v) is 6.42. The third-order valence-electron chi connectivity index (χ3n) is 4.04. The minimum Gasteiger partial charge on any atom is -0.338 e. The summed E-state index contributed by atoms with van der Waals surface area (Å²) in [5.41, 5.74) is 1.01. The molecule has 116 valence electrons. The molecule has 3 rings (SSSR count). The maximum Gasteiger partial charge on any atom is 0.260 e. The fourth-order valence-corrected chi connectivity index (χ4v) is 3.83. The highest BCUT2D eigenvalue weighted by Gasteiger charge is 2.28. The zero-order chi connectivity index (χ0) is 15.5. The number of pyridine rings is 1. The quantitative estimate of drug-likeness (QED) is 0.945. The van der Waals surface area contributed by atoms with E-state index >= 15 is 0 Å². The van der Waals surface area contributed by atoms with Crippen molar-refractivity contribution in [2.24, 2.45) is 0 Å². The number of nitrogens with one attached hydrogen (secondary N) is 1. The average molecular weight is 317 g/mol. The number of amides is 1. The van der Waals surface area contributed by atoms with Crippen LogP contribution in [0, 0.1) is 0 Å². The molecule has 0 spiro atoms. The topological polar surface area (TPSA) is 66.1 Å². The van der Waals surface area contributed by atoms with Crippen molar-refractivity contribution >= 4 is 17.2 Å². The molecule has 1 aliphatic heterocycles. The van der Waals surface area contributed by atoms with Crippen LogP contribution in [0.2, 0.25) is 0 Å². The Morgan fingerprint density at radius 3 is 3.14 bits per heavy atom. The van der Waals surface area contributed by atoms with Crippen LogP contribution in [-0.2, 0) is 6.42 Å². The van der Waals surface area contributed by atoms with Crippen molar-refractivity contribution in [2.45, 2.75) is 32.1 Å². The summed E-state index contributed by atoms with van der Waals surface area (Å²) < 4.78 is 0. The number of thiazole rings is 1. The summed E-state index contributed by atoms with van der Waals surface area (Å²) in [7, 11) is 0. The number of aryl methyl sites for hydroxylation is 1. The Morgan fingerprint density at radius 2 is 2.41 bits per heavy atom. The highest BCUT2D eigenvalue weighted by Crippen LogP contribution is 2.29. The van der Waals surface area contributed by atoms with Crippen molar-refractivity contribution in [3.05, 3.63) is 50.3 Å². The second kappa shape index (κ2) is 6.44. The summed E-state index contributed by atoms with van der Waals surface area (Å²) in [5, 5.41) is 3.20. The van der Waals surface area contributed by atoms with Crippen molar-refractivity contribution < 1.29 is 4.79 Å². The van der Waals surface area contributed by atoms with Crippen molar-refractivity contribution in [1.82, 2.24) is 14.9 Å². The molecule has 1 N–H and O–H groups in total. The number of hydrogen-bond acceptors (Lipinski definition) is 4. The first kappa shape index (κ1) is 15.0. The predicted molar refractivity (Wildman–Crippen MR) is 86.4 cm³/mol. The minimum absolute atomic E-state index is 0.182. The standard InChI is InChI=1S/C16H19N3O2S/c1-2-12-10-22-15(18-12)11-5-4-8-19(9-11)16(21)13-6-3-7-17-14(13)20/h3,6-7,10-11H,2,4-5,8-9H2,1H3,(H,17,20). The Kier molecular flexibility index (Phi) is 4.38. The summed E-state index contributed by atoms with van der Waals surface area (Å²) in [6, 6.07) is 3.27. The minimum atomic E-state index is -0.322. The van der Waals surface area contributed by atoms with Crippen LogP contribution in [0.1, 0.15) is 46.7 Å². The zero-order valence-electron chi connectivity index (χ0n) is 12.5. The number of hydrogen-bond donors (Lipinski definition) is 1. The van der Waals surface area contributed by atoms with Gasteiger partial charge in [-0.3, -0.25) is 9.59 Å². The first-order chi connectivity index (χ1) is 10.7. The zero-order valence-corrected chi connectivity index (χ0v) is 13.4. The van der Waals surface area contributed by atoms with Gasteiger partial charge in [-0.25, -0.2) is 4.98 Å². The largest absolute Gasteiger partial charge is 0.338 e. The van der Waals surface area contributed by atoms with E-state index in [1.165, 1.54) is 0 Å². The number of aromatic nitrogens is 2. The molecule has 1 amide bonds. The molecule has 0 aliphatic carbocycles. The first-order valence-electron chi connectivity index (χ1n) is 7.60. The van der Waals surface area contributed by atoms with Gasteiger partial charge in [0.2, 0.25) is 0 Å². The highest BCUT2D eigenvalue weighted by atomic mass is 32.1. The van der Waals surface area contributed by atoms with E-state index < -0.39 is 0 Å². The molecule has 0 aromatic carbocycles. The summed E-state index contributed by atoms with van der Waals surface area (Å²) in [6.45, 7) is 3.44. The fraction of sp³-hybridized carbons (Fsp3) is 0.438. The van der Waals surface area contributed by atoms with Gasteiger partial charge in [0.05, 0.1) is 10.7 Å².